The first-order valence-electron chi connectivity index (χ1n) is 8.52. The Morgan fingerprint density at radius 3 is 2.48 bits per heavy atom. The number of rotatable bonds is 4. The van der Waals surface area contributed by atoms with Crippen LogP contribution < -0.4 is 5.32 Å². The summed E-state index contributed by atoms with van der Waals surface area (Å²) in [6.45, 7) is 5.60. The zero-order chi connectivity index (χ0) is 17.9. The number of aromatic nitrogens is 1. The van der Waals surface area contributed by atoms with E-state index in [0.717, 1.165) is 22.0 Å². The number of nitrogens with one attached hydrogen (secondary N) is 2. The Kier molecular flexibility index (Phi) is 4.79. The Balaban J connectivity index is 1.90. The van der Waals surface area contributed by atoms with Gasteiger partial charge in [-0.25, -0.2) is 4.79 Å². The summed E-state index contributed by atoms with van der Waals surface area (Å²) in [5, 5.41) is 4.15. The molecule has 0 aliphatic heterocycles. The Morgan fingerprint density at radius 1 is 1.08 bits per heavy atom. The number of para-hydroxylation sites is 1. The number of carbonyl (C=O) groups is 1. The van der Waals surface area contributed by atoms with Crippen LogP contribution in [0.25, 0.3) is 10.9 Å². The Labute approximate surface area is 148 Å². The maximum Gasteiger partial charge on any atom is 0.408 e. The Morgan fingerprint density at radius 2 is 1.76 bits per heavy atom. The summed E-state index contributed by atoms with van der Waals surface area (Å²) in [4.78, 5) is 15.6. The van der Waals surface area contributed by atoms with Gasteiger partial charge in [0.1, 0.15) is 5.60 Å². The predicted molar refractivity (Wildman–Crippen MR) is 101 cm³/mol. The molecule has 0 bridgehead atoms. The van der Waals surface area contributed by atoms with Crippen LogP contribution in [0.1, 0.15) is 37.9 Å². The van der Waals surface area contributed by atoms with E-state index in [1.54, 1.807) is 0 Å². The number of ether oxygens (including phenoxy) is 1. The van der Waals surface area contributed by atoms with E-state index in [0.29, 0.717) is 6.42 Å². The van der Waals surface area contributed by atoms with Gasteiger partial charge in [0.2, 0.25) is 0 Å². The molecule has 1 aromatic heterocycles. The molecule has 0 unspecified atom stereocenters. The molecule has 1 amide bonds. The summed E-state index contributed by atoms with van der Waals surface area (Å²) < 4.78 is 5.46. The molecule has 130 valence electrons. The highest BCUT2D eigenvalue weighted by Gasteiger charge is 2.22. The predicted octanol–water partition coefficient (Wildman–Crippen LogP) is 4.98. The van der Waals surface area contributed by atoms with Gasteiger partial charge >= 0.3 is 6.09 Å². The average molecular weight is 336 g/mol. The molecule has 0 spiro atoms. The lowest BCUT2D eigenvalue weighted by atomic mass is 9.98. The quantitative estimate of drug-likeness (QED) is 0.706. The van der Waals surface area contributed by atoms with E-state index in [1.165, 1.54) is 0 Å². The van der Waals surface area contributed by atoms with Crippen molar-refractivity contribution in [1.82, 2.24) is 10.3 Å². The molecular formula is C21H24N2O2. The summed E-state index contributed by atoms with van der Waals surface area (Å²) >= 11 is 0. The standard InChI is InChI=1S/C21H24N2O2/c1-21(2,3)25-20(24)23-19(13-15-9-5-4-6-10-15)17-14-22-18-12-8-7-11-16(17)18/h4-12,14,19,22H,13H2,1-3H3,(H,23,24)/t19-/m0/s1. The lowest BCUT2D eigenvalue weighted by Crippen LogP contribution is -2.35. The van der Waals surface area contributed by atoms with Crippen LogP contribution in [0.2, 0.25) is 0 Å². The fraction of sp³-hybridized carbons (Fsp3) is 0.286. The second-order valence-electron chi connectivity index (χ2n) is 7.18. The number of H-pyrrole nitrogens is 1. The minimum absolute atomic E-state index is 0.173. The van der Waals surface area contributed by atoms with E-state index >= 15 is 0 Å². The molecule has 3 rings (SSSR count). The maximum absolute atomic E-state index is 12.3. The van der Waals surface area contributed by atoms with Crippen molar-refractivity contribution < 1.29 is 9.53 Å². The molecular weight excluding hydrogens is 312 g/mol. The van der Waals surface area contributed by atoms with Crippen molar-refractivity contribution in [3.63, 3.8) is 0 Å². The maximum atomic E-state index is 12.3. The normalized spacial score (nSPS) is 12.8. The average Bonchev–Trinajstić information content (AvgIpc) is 2.97. The van der Waals surface area contributed by atoms with E-state index in [4.69, 9.17) is 4.74 Å². The number of amides is 1. The van der Waals surface area contributed by atoms with Crippen LogP contribution in [0, 0.1) is 0 Å². The van der Waals surface area contributed by atoms with Crippen LogP contribution in [0.15, 0.2) is 60.8 Å². The summed E-state index contributed by atoms with van der Waals surface area (Å²) in [6.07, 6.45) is 2.26. The first-order chi connectivity index (χ1) is 11.9. The lowest BCUT2D eigenvalue weighted by molar-refractivity contribution is 0.0504. The van der Waals surface area contributed by atoms with Crippen molar-refractivity contribution in [2.45, 2.75) is 38.8 Å². The molecule has 0 saturated heterocycles. The third-order valence-electron chi connectivity index (χ3n) is 3.97. The van der Waals surface area contributed by atoms with Crippen LogP contribution in [0.4, 0.5) is 4.79 Å². The molecule has 4 heteroatoms. The lowest BCUT2D eigenvalue weighted by Gasteiger charge is -2.24. The van der Waals surface area contributed by atoms with Gasteiger partial charge in [-0.1, -0.05) is 48.5 Å². The number of alkyl carbamates (subject to hydrolysis) is 1. The highest BCUT2D eigenvalue weighted by atomic mass is 16.6. The monoisotopic (exact) mass is 336 g/mol. The van der Waals surface area contributed by atoms with E-state index in [1.807, 2.05) is 63.4 Å². The van der Waals surface area contributed by atoms with Gasteiger partial charge in [0.25, 0.3) is 0 Å². The SMILES string of the molecule is CC(C)(C)OC(=O)N[C@@H](Cc1ccccc1)c1c[nH]c2ccccc12. The molecule has 0 aliphatic rings. The molecule has 2 aromatic carbocycles. The van der Waals surface area contributed by atoms with E-state index in [2.05, 4.69) is 28.5 Å². The zero-order valence-electron chi connectivity index (χ0n) is 14.9. The number of aromatic amines is 1. The second kappa shape index (κ2) is 7.01. The highest BCUT2D eigenvalue weighted by molar-refractivity contribution is 5.84. The molecule has 0 fully saturated rings. The third kappa shape index (κ3) is 4.41. The first kappa shape index (κ1) is 17.1. The van der Waals surface area contributed by atoms with Crippen molar-refractivity contribution >= 4 is 17.0 Å². The van der Waals surface area contributed by atoms with Crippen molar-refractivity contribution in [2.24, 2.45) is 0 Å². The minimum Gasteiger partial charge on any atom is -0.444 e. The summed E-state index contributed by atoms with van der Waals surface area (Å²) in [6, 6.07) is 18.1. The van der Waals surface area contributed by atoms with Gasteiger partial charge in [0.15, 0.2) is 0 Å². The number of carbonyl (C=O) groups excluding carboxylic acids is 1. The van der Waals surface area contributed by atoms with Gasteiger partial charge in [-0.3, -0.25) is 0 Å². The van der Waals surface area contributed by atoms with Crippen molar-refractivity contribution in [1.29, 1.82) is 0 Å². The summed E-state index contributed by atoms with van der Waals surface area (Å²) in [5.74, 6) is 0. The number of hydrogen-bond acceptors (Lipinski definition) is 2. The summed E-state index contributed by atoms with van der Waals surface area (Å²) in [5.41, 5.74) is 2.75. The van der Waals surface area contributed by atoms with Crippen molar-refractivity contribution in [3.8, 4) is 0 Å². The molecule has 0 radical (unpaired) electrons. The topological polar surface area (TPSA) is 54.1 Å². The van der Waals surface area contributed by atoms with Gasteiger partial charge in [-0.2, -0.15) is 0 Å². The zero-order valence-corrected chi connectivity index (χ0v) is 14.9. The van der Waals surface area contributed by atoms with Crippen LogP contribution in [-0.4, -0.2) is 16.7 Å². The molecule has 0 saturated carbocycles. The molecule has 3 aromatic rings. The van der Waals surface area contributed by atoms with Gasteiger partial charge in [-0.15, -0.1) is 0 Å². The largest absolute Gasteiger partial charge is 0.444 e. The van der Waals surface area contributed by atoms with Crippen LogP contribution in [0.3, 0.4) is 0 Å². The fourth-order valence-corrected chi connectivity index (χ4v) is 2.92. The van der Waals surface area contributed by atoms with E-state index in [9.17, 15) is 4.79 Å². The van der Waals surface area contributed by atoms with Gasteiger partial charge in [-0.05, 0) is 38.8 Å². The van der Waals surface area contributed by atoms with Gasteiger partial charge < -0.3 is 15.0 Å². The van der Waals surface area contributed by atoms with Gasteiger partial charge in [0.05, 0.1) is 6.04 Å². The number of fused-ring (bicyclic) bond motifs is 1. The number of hydrogen-bond donors (Lipinski definition) is 2. The van der Waals surface area contributed by atoms with Crippen LogP contribution >= 0.6 is 0 Å². The van der Waals surface area contributed by atoms with E-state index < -0.39 is 11.7 Å². The Bertz CT molecular complexity index is 847. The first-order valence-corrected chi connectivity index (χ1v) is 8.52. The fourth-order valence-electron chi connectivity index (χ4n) is 2.92. The molecule has 1 heterocycles. The highest BCUT2D eigenvalue weighted by Crippen LogP contribution is 2.27. The molecule has 25 heavy (non-hydrogen) atoms. The molecule has 0 aliphatic carbocycles. The van der Waals surface area contributed by atoms with Gasteiger partial charge in [0, 0.05) is 22.7 Å². The van der Waals surface area contributed by atoms with Crippen molar-refractivity contribution in [3.05, 3.63) is 71.9 Å². The van der Waals surface area contributed by atoms with E-state index in [-0.39, 0.29) is 6.04 Å². The summed E-state index contributed by atoms with van der Waals surface area (Å²) in [7, 11) is 0. The molecule has 4 nitrogen and oxygen atoms in total. The minimum atomic E-state index is -0.526. The smallest absolute Gasteiger partial charge is 0.408 e. The third-order valence-corrected chi connectivity index (χ3v) is 3.97. The van der Waals surface area contributed by atoms with Crippen LogP contribution in [-0.2, 0) is 11.2 Å². The number of benzene rings is 2. The molecule has 2 N–H and O–H groups in total. The molecule has 1 atom stereocenters. The Hall–Kier alpha value is -2.75. The van der Waals surface area contributed by atoms with Crippen LogP contribution in [0.5, 0.6) is 0 Å². The van der Waals surface area contributed by atoms with Crippen molar-refractivity contribution in [2.75, 3.05) is 0 Å². The second-order valence-corrected chi connectivity index (χ2v) is 7.18.